The lowest BCUT2D eigenvalue weighted by Gasteiger charge is -2.49. The summed E-state index contributed by atoms with van der Waals surface area (Å²) in [4.78, 5) is 61.1. The topological polar surface area (TPSA) is 194 Å². The van der Waals surface area contributed by atoms with E-state index in [0.29, 0.717) is 17.0 Å². The Labute approximate surface area is 224 Å². The fraction of sp³-hybridized carbons (Fsp3) is 0.318. The molecule has 2 aliphatic rings. The Hall–Kier alpha value is -4.18. The van der Waals surface area contributed by atoms with Gasteiger partial charge in [0.25, 0.3) is 11.8 Å². The first kappa shape index (κ1) is 26.9. The summed E-state index contributed by atoms with van der Waals surface area (Å²) in [7, 11) is 4.53. The van der Waals surface area contributed by atoms with Gasteiger partial charge < -0.3 is 30.4 Å². The second kappa shape index (κ2) is 11.1. The van der Waals surface area contributed by atoms with Crippen molar-refractivity contribution < 1.29 is 33.6 Å². The van der Waals surface area contributed by atoms with Crippen molar-refractivity contribution >= 4 is 63.7 Å². The Kier molecular flexibility index (Phi) is 7.82. The van der Waals surface area contributed by atoms with Crippen LogP contribution in [0.25, 0.3) is 6.08 Å². The summed E-state index contributed by atoms with van der Waals surface area (Å²) in [5.74, 6) is -2.16. The van der Waals surface area contributed by atoms with Crippen molar-refractivity contribution in [3.63, 3.8) is 0 Å². The third kappa shape index (κ3) is 5.40. The molecule has 4 N–H and O–H groups in total. The number of carboxylic acids is 1. The van der Waals surface area contributed by atoms with Crippen LogP contribution in [0.4, 0.5) is 5.13 Å². The number of nitrogens with two attached hydrogens (primary N) is 1. The number of thiazole rings is 1. The lowest BCUT2D eigenvalue weighted by molar-refractivity contribution is -0.150. The number of thioether (sulfide) groups is 1. The van der Waals surface area contributed by atoms with Gasteiger partial charge in [-0.15, -0.1) is 23.1 Å². The molecule has 16 heteroatoms. The number of likely N-dealkylation sites (N-methyl/N-ethyl adjacent to an activating group) is 1. The maximum absolute atomic E-state index is 13.0. The lowest BCUT2D eigenvalue weighted by atomic mass is 10.0. The fourth-order valence-corrected chi connectivity index (χ4v) is 5.53. The molecule has 4 heterocycles. The van der Waals surface area contributed by atoms with E-state index in [1.165, 1.54) is 41.3 Å². The number of anilines is 1. The van der Waals surface area contributed by atoms with Crippen LogP contribution in [-0.2, 0) is 30.4 Å². The molecule has 1 fully saturated rings. The fourth-order valence-electron chi connectivity index (χ4n) is 3.66. The van der Waals surface area contributed by atoms with Gasteiger partial charge >= 0.3 is 5.97 Å². The maximum atomic E-state index is 13.0. The van der Waals surface area contributed by atoms with Crippen molar-refractivity contribution in [3.05, 3.63) is 45.9 Å². The van der Waals surface area contributed by atoms with Crippen molar-refractivity contribution in [2.45, 2.75) is 17.8 Å². The van der Waals surface area contributed by atoms with E-state index in [9.17, 15) is 24.3 Å². The zero-order valence-corrected chi connectivity index (χ0v) is 22.0. The third-order valence-electron chi connectivity index (χ3n) is 5.51. The largest absolute Gasteiger partial charge is 0.477 e. The lowest BCUT2D eigenvalue weighted by Crippen LogP contribution is -2.71. The monoisotopic (exact) mass is 561 g/mol. The molecular weight excluding hydrogens is 538 g/mol. The van der Waals surface area contributed by atoms with Gasteiger partial charge in [0.15, 0.2) is 16.6 Å². The molecule has 0 spiro atoms. The van der Waals surface area contributed by atoms with Gasteiger partial charge in [0.05, 0.1) is 12.1 Å². The van der Waals surface area contributed by atoms with Crippen LogP contribution in [0.5, 0.6) is 0 Å². The summed E-state index contributed by atoms with van der Waals surface area (Å²) in [5.41, 5.74) is 6.27. The second-order valence-corrected chi connectivity index (χ2v) is 10.2. The molecule has 0 bridgehead atoms. The van der Waals surface area contributed by atoms with Crippen molar-refractivity contribution in [2.75, 3.05) is 32.7 Å². The third-order valence-corrected chi connectivity index (χ3v) is 7.48. The average Bonchev–Trinajstić information content (AvgIpc) is 3.51. The van der Waals surface area contributed by atoms with Crippen LogP contribution in [0.3, 0.4) is 0 Å². The second-order valence-electron chi connectivity index (χ2n) is 8.25. The van der Waals surface area contributed by atoms with E-state index >= 15 is 0 Å². The number of amides is 3. The van der Waals surface area contributed by atoms with Gasteiger partial charge in [-0.3, -0.25) is 19.3 Å². The first-order chi connectivity index (χ1) is 18.1. The highest BCUT2D eigenvalue weighted by atomic mass is 32.2. The quantitative estimate of drug-likeness (QED) is 0.214. The summed E-state index contributed by atoms with van der Waals surface area (Å²) in [5, 5.41) is 21.1. The summed E-state index contributed by atoms with van der Waals surface area (Å²) in [6, 6.07) is 0.601. The molecule has 14 nitrogen and oxygen atoms in total. The number of aliphatic carboxylic acids is 1. The van der Waals surface area contributed by atoms with Gasteiger partial charge in [-0.05, 0) is 11.6 Å². The van der Waals surface area contributed by atoms with Crippen molar-refractivity contribution in [1.82, 2.24) is 25.3 Å². The first-order valence-corrected chi connectivity index (χ1v) is 12.9. The number of hydrogen-bond acceptors (Lipinski definition) is 12. The Bertz CT molecular complexity index is 1380. The van der Waals surface area contributed by atoms with E-state index in [4.69, 9.17) is 15.1 Å². The van der Waals surface area contributed by atoms with E-state index in [1.54, 1.807) is 20.2 Å². The summed E-state index contributed by atoms with van der Waals surface area (Å²) >= 11 is 2.40. The van der Waals surface area contributed by atoms with Crippen LogP contribution >= 0.6 is 23.1 Å². The van der Waals surface area contributed by atoms with Crippen LogP contribution < -0.4 is 11.1 Å². The molecular formula is C22H23N7O7S2. The average molecular weight is 562 g/mol. The molecule has 2 aliphatic heterocycles. The molecule has 2 atom stereocenters. The Balaban J connectivity index is 1.49. The molecule has 0 aliphatic carbocycles. The molecule has 1 saturated heterocycles. The molecule has 200 valence electrons. The number of fused-ring (bicyclic) bond motifs is 1. The molecule has 3 amide bonds. The summed E-state index contributed by atoms with van der Waals surface area (Å²) in [6.07, 6.45) is 3.11. The van der Waals surface area contributed by atoms with Crippen LogP contribution in [0.15, 0.2) is 38.5 Å². The summed E-state index contributed by atoms with van der Waals surface area (Å²) < 4.78 is 5.21. The Morgan fingerprint density at radius 1 is 1.39 bits per heavy atom. The van der Waals surface area contributed by atoms with Crippen molar-refractivity contribution in [2.24, 2.45) is 5.16 Å². The number of hydrogen-bond donors (Lipinski definition) is 3. The number of rotatable bonds is 9. The highest BCUT2D eigenvalue weighted by Gasteiger charge is 2.54. The highest BCUT2D eigenvalue weighted by Crippen LogP contribution is 2.40. The highest BCUT2D eigenvalue weighted by molar-refractivity contribution is 8.00. The minimum Gasteiger partial charge on any atom is -0.477 e. The first-order valence-electron chi connectivity index (χ1n) is 11.0. The molecule has 2 aromatic rings. The number of carbonyl (C=O) groups excluding carboxylic acids is 3. The molecule has 0 radical (unpaired) electrons. The Morgan fingerprint density at radius 3 is 2.79 bits per heavy atom. The van der Waals surface area contributed by atoms with Gasteiger partial charge in [0.1, 0.15) is 29.9 Å². The predicted octanol–water partition coefficient (Wildman–Crippen LogP) is 0.147. The summed E-state index contributed by atoms with van der Waals surface area (Å²) in [6.45, 7) is 0. The van der Waals surface area contributed by atoms with E-state index < -0.39 is 29.2 Å². The minimum atomic E-state index is -1.29. The van der Waals surface area contributed by atoms with E-state index in [-0.39, 0.29) is 40.3 Å². The molecule has 2 aromatic heterocycles. The van der Waals surface area contributed by atoms with E-state index in [1.807, 2.05) is 0 Å². The predicted molar refractivity (Wildman–Crippen MR) is 138 cm³/mol. The molecule has 0 aromatic carbocycles. The number of carbonyl (C=O) groups is 4. The molecule has 38 heavy (non-hydrogen) atoms. The number of β-lactam (4-membered cyclic amide) rings is 1. The zero-order chi connectivity index (χ0) is 27.6. The van der Waals surface area contributed by atoms with Crippen LogP contribution in [0.2, 0.25) is 0 Å². The maximum Gasteiger partial charge on any atom is 0.352 e. The van der Waals surface area contributed by atoms with Gasteiger partial charge in [-0.25, -0.2) is 9.78 Å². The minimum absolute atomic E-state index is 0.0625. The zero-order valence-electron chi connectivity index (χ0n) is 20.4. The van der Waals surface area contributed by atoms with Gasteiger partial charge in [-0.2, -0.15) is 0 Å². The number of aromatic nitrogens is 2. The van der Waals surface area contributed by atoms with Crippen LogP contribution in [-0.4, -0.2) is 92.8 Å². The molecule has 0 saturated carbocycles. The van der Waals surface area contributed by atoms with E-state index in [2.05, 4.69) is 20.6 Å². The number of allylic oxidation sites excluding steroid dienone is 1. The van der Waals surface area contributed by atoms with Crippen molar-refractivity contribution in [3.8, 4) is 0 Å². The van der Waals surface area contributed by atoms with Crippen LogP contribution in [0, 0.1) is 0 Å². The number of nitrogen functional groups attached to an aromatic ring is 1. The Morgan fingerprint density at radius 2 is 2.16 bits per heavy atom. The number of nitrogens with zero attached hydrogens (tertiary/aromatic N) is 5. The number of nitrogens with one attached hydrogen (secondary N) is 1. The normalized spacial score (nSPS) is 19.3. The van der Waals surface area contributed by atoms with E-state index in [0.717, 1.165) is 16.2 Å². The number of oxime groups is 1. The van der Waals surface area contributed by atoms with Gasteiger partial charge in [0.2, 0.25) is 5.91 Å². The van der Waals surface area contributed by atoms with Gasteiger partial charge in [-0.1, -0.05) is 16.4 Å². The van der Waals surface area contributed by atoms with Crippen LogP contribution in [0.1, 0.15) is 17.1 Å². The smallest absolute Gasteiger partial charge is 0.352 e. The molecule has 2 unspecified atom stereocenters. The molecule has 4 rings (SSSR count). The number of carboxylic acid groups (broad SMARTS) is 1. The standard InChI is InChI=1S/C22H23N7O7S2/c1-28(2)14(30)7-11-6-12(36-26-11)5-4-10-8-37-20-16(19(32)29(20)17(10)21(33)34)25-18(31)15(27-35-3)13-9-38-22(23)24-13/h4-6,9,16,20H,7-8H2,1-3H3,(H2,23,24)(H,25,31)(H,33,34)/b5-4+,27-15-. The van der Waals surface area contributed by atoms with Crippen molar-refractivity contribution in [1.29, 1.82) is 0 Å². The van der Waals surface area contributed by atoms with Gasteiger partial charge in [0, 0.05) is 31.3 Å². The SMILES string of the molecule is CO/N=C(\C(=O)NC1C(=O)N2C(C(=O)O)=C(/C=C/c3cc(CC(=O)N(C)C)no3)CSC12)c1csc(N)n1.